The van der Waals surface area contributed by atoms with Crippen molar-refractivity contribution in [2.75, 3.05) is 12.1 Å². The Labute approximate surface area is 170 Å². The largest absolute Gasteiger partial charge is 0.454 e. The molecule has 30 heavy (non-hydrogen) atoms. The number of carbonyl (C=O) groups excluding carboxylic acids is 2. The average molecular weight is 410 g/mol. The minimum absolute atomic E-state index is 0.160. The van der Waals surface area contributed by atoms with Gasteiger partial charge in [0.1, 0.15) is 11.6 Å². The van der Waals surface area contributed by atoms with Gasteiger partial charge in [-0.15, -0.1) is 0 Å². The van der Waals surface area contributed by atoms with E-state index in [4.69, 9.17) is 9.47 Å². The monoisotopic (exact) mass is 410 g/mol. The third kappa shape index (κ3) is 4.07. The smallest absolute Gasteiger partial charge is 0.258 e. The lowest BCUT2D eigenvalue weighted by atomic mass is 10.1. The number of amides is 2. The fourth-order valence-corrected chi connectivity index (χ4v) is 2.98. The molecule has 1 aliphatic heterocycles. The number of carbonyl (C=O) groups is 2. The zero-order chi connectivity index (χ0) is 21.1. The average Bonchev–Trinajstić information content (AvgIpc) is 3.20. The molecule has 2 N–H and O–H groups in total. The maximum Gasteiger partial charge on any atom is 0.258 e. The minimum atomic E-state index is -0.989. The molecule has 4 rings (SSSR count). The highest BCUT2D eigenvalue weighted by molar-refractivity contribution is 6.09. The first kappa shape index (κ1) is 19.4. The van der Waals surface area contributed by atoms with Gasteiger partial charge in [-0.25, -0.2) is 8.78 Å². The Balaban J connectivity index is 1.47. The molecule has 0 saturated heterocycles. The summed E-state index contributed by atoms with van der Waals surface area (Å²) in [5.41, 5.74) is 0.887. The number of halogens is 2. The van der Waals surface area contributed by atoms with Crippen LogP contribution in [0.2, 0.25) is 0 Å². The number of benzene rings is 3. The van der Waals surface area contributed by atoms with Gasteiger partial charge in [-0.3, -0.25) is 9.59 Å². The van der Waals surface area contributed by atoms with Crippen molar-refractivity contribution >= 4 is 17.5 Å². The molecule has 0 aliphatic carbocycles. The molecule has 2 amide bonds. The van der Waals surface area contributed by atoms with Gasteiger partial charge in [-0.2, -0.15) is 0 Å². The molecule has 0 fully saturated rings. The molecule has 152 valence electrons. The van der Waals surface area contributed by atoms with Crippen molar-refractivity contribution in [3.63, 3.8) is 0 Å². The summed E-state index contributed by atoms with van der Waals surface area (Å²) >= 11 is 0. The van der Waals surface area contributed by atoms with E-state index in [1.165, 1.54) is 12.1 Å². The number of para-hydroxylation sites is 1. The molecule has 1 aliphatic rings. The van der Waals surface area contributed by atoms with Crippen molar-refractivity contribution in [3.05, 3.63) is 89.0 Å². The summed E-state index contributed by atoms with van der Waals surface area (Å²) in [6.45, 7) is 0.386. The topological polar surface area (TPSA) is 76.7 Å². The Kier molecular flexibility index (Phi) is 5.30. The Hall–Kier alpha value is -3.94. The van der Waals surface area contributed by atoms with Crippen LogP contribution in [0.15, 0.2) is 60.7 Å². The molecule has 0 saturated carbocycles. The number of fused-ring (bicyclic) bond motifs is 1. The van der Waals surface area contributed by atoms with E-state index in [1.807, 2.05) is 0 Å². The second-order valence-electron chi connectivity index (χ2n) is 6.49. The summed E-state index contributed by atoms with van der Waals surface area (Å²) in [5, 5.41) is 5.27. The molecule has 8 heteroatoms. The maximum absolute atomic E-state index is 13.9. The number of rotatable bonds is 5. The number of hydrogen-bond acceptors (Lipinski definition) is 4. The van der Waals surface area contributed by atoms with Gasteiger partial charge in [-0.1, -0.05) is 18.2 Å². The lowest BCUT2D eigenvalue weighted by Crippen LogP contribution is -2.25. The van der Waals surface area contributed by atoms with E-state index in [2.05, 4.69) is 10.6 Å². The molecule has 0 aromatic heterocycles. The molecular formula is C22H16F2N2O4. The standard InChI is InChI=1S/C22H16F2N2O4/c23-14-6-7-15(17(24)10-14)22(28)26-18-4-2-1-3-16(18)21(27)25-11-13-5-8-19-20(9-13)30-12-29-19/h1-10H,11-12H2,(H,25,27)(H,26,28). The van der Waals surface area contributed by atoms with Crippen molar-refractivity contribution in [2.45, 2.75) is 6.54 Å². The maximum atomic E-state index is 13.9. The second kappa shape index (κ2) is 8.20. The first-order valence-electron chi connectivity index (χ1n) is 9.03. The molecule has 0 atom stereocenters. The summed E-state index contributed by atoms with van der Waals surface area (Å²) in [5.74, 6) is -1.74. The van der Waals surface area contributed by atoms with Gasteiger partial charge in [0, 0.05) is 12.6 Å². The Bertz CT molecular complexity index is 1130. The van der Waals surface area contributed by atoms with E-state index in [9.17, 15) is 18.4 Å². The van der Waals surface area contributed by atoms with Gasteiger partial charge in [-0.05, 0) is 42.0 Å². The molecule has 3 aromatic rings. The second-order valence-corrected chi connectivity index (χ2v) is 6.49. The molecule has 0 spiro atoms. The van der Waals surface area contributed by atoms with Crippen LogP contribution in [0.1, 0.15) is 26.3 Å². The van der Waals surface area contributed by atoms with Crippen molar-refractivity contribution in [2.24, 2.45) is 0 Å². The first-order chi connectivity index (χ1) is 14.5. The summed E-state index contributed by atoms with van der Waals surface area (Å²) in [6.07, 6.45) is 0. The third-order valence-corrected chi connectivity index (χ3v) is 4.49. The lowest BCUT2D eigenvalue weighted by molar-refractivity contribution is 0.0951. The molecule has 0 bridgehead atoms. The zero-order valence-electron chi connectivity index (χ0n) is 15.6. The Morgan fingerprint density at radius 2 is 1.67 bits per heavy atom. The normalized spacial score (nSPS) is 11.8. The number of anilines is 1. The third-order valence-electron chi connectivity index (χ3n) is 4.49. The molecular weight excluding hydrogens is 394 g/mol. The molecule has 6 nitrogen and oxygen atoms in total. The van der Waals surface area contributed by atoms with Crippen LogP contribution in [0.3, 0.4) is 0 Å². The van der Waals surface area contributed by atoms with Crippen molar-refractivity contribution < 1.29 is 27.8 Å². The van der Waals surface area contributed by atoms with E-state index >= 15 is 0 Å². The summed E-state index contributed by atoms with van der Waals surface area (Å²) < 4.78 is 37.5. The fourth-order valence-electron chi connectivity index (χ4n) is 2.98. The van der Waals surface area contributed by atoms with Gasteiger partial charge in [0.2, 0.25) is 6.79 Å². The van der Waals surface area contributed by atoms with Gasteiger partial charge in [0.05, 0.1) is 16.8 Å². The summed E-state index contributed by atoms with van der Waals surface area (Å²) in [6, 6.07) is 14.3. The van der Waals surface area contributed by atoms with Crippen LogP contribution in [0.25, 0.3) is 0 Å². The van der Waals surface area contributed by atoms with Crippen LogP contribution in [0.5, 0.6) is 11.5 Å². The van der Waals surface area contributed by atoms with E-state index in [1.54, 1.807) is 30.3 Å². The van der Waals surface area contributed by atoms with Crippen molar-refractivity contribution in [1.82, 2.24) is 5.32 Å². The van der Waals surface area contributed by atoms with E-state index in [-0.39, 0.29) is 30.2 Å². The first-order valence-corrected chi connectivity index (χ1v) is 9.03. The minimum Gasteiger partial charge on any atom is -0.454 e. The van der Waals surface area contributed by atoms with Crippen LogP contribution in [0.4, 0.5) is 14.5 Å². The molecule has 3 aromatic carbocycles. The predicted molar refractivity (Wildman–Crippen MR) is 104 cm³/mol. The van der Waals surface area contributed by atoms with Crippen molar-refractivity contribution in [1.29, 1.82) is 0 Å². The van der Waals surface area contributed by atoms with E-state index < -0.39 is 23.4 Å². The molecule has 0 unspecified atom stereocenters. The molecule has 1 heterocycles. The number of hydrogen-bond donors (Lipinski definition) is 2. The summed E-state index contributed by atoms with van der Waals surface area (Å²) in [7, 11) is 0. The fraction of sp³-hybridized carbons (Fsp3) is 0.0909. The van der Waals surface area contributed by atoms with Crippen molar-refractivity contribution in [3.8, 4) is 11.5 Å². The predicted octanol–water partition coefficient (Wildman–Crippen LogP) is 3.88. The van der Waals surface area contributed by atoms with E-state index in [0.29, 0.717) is 17.6 Å². The summed E-state index contributed by atoms with van der Waals surface area (Å²) in [4.78, 5) is 25.0. The highest BCUT2D eigenvalue weighted by Gasteiger charge is 2.18. The number of ether oxygens (including phenoxy) is 2. The molecule has 0 radical (unpaired) electrons. The van der Waals surface area contributed by atoms with Crippen LogP contribution in [-0.2, 0) is 6.54 Å². The highest BCUT2D eigenvalue weighted by atomic mass is 19.1. The van der Waals surface area contributed by atoms with Crippen LogP contribution in [0, 0.1) is 11.6 Å². The number of nitrogens with one attached hydrogen (secondary N) is 2. The van der Waals surface area contributed by atoms with Crippen LogP contribution < -0.4 is 20.1 Å². The quantitative estimate of drug-likeness (QED) is 0.670. The van der Waals surface area contributed by atoms with Gasteiger partial charge < -0.3 is 20.1 Å². The van der Waals surface area contributed by atoms with Crippen LogP contribution in [-0.4, -0.2) is 18.6 Å². The van der Waals surface area contributed by atoms with Gasteiger partial charge in [0.25, 0.3) is 11.8 Å². The zero-order valence-corrected chi connectivity index (χ0v) is 15.6. The Morgan fingerprint density at radius 1 is 0.867 bits per heavy atom. The SMILES string of the molecule is O=C(Nc1ccccc1C(=O)NCc1ccc2c(c1)OCO2)c1ccc(F)cc1F. The van der Waals surface area contributed by atoms with Gasteiger partial charge >= 0.3 is 0 Å². The van der Waals surface area contributed by atoms with Crippen LogP contribution >= 0.6 is 0 Å². The van der Waals surface area contributed by atoms with E-state index in [0.717, 1.165) is 17.7 Å². The lowest BCUT2D eigenvalue weighted by Gasteiger charge is -2.12. The van der Waals surface area contributed by atoms with Gasteiger partial charge in [0.15, 0.2) is 11.5 Å². The highest BCUT2D eigenvalue weighted by Crippen LogP contribution is 2.32. The Morgan fingerprint density at radius 3 is 2.50 bits per heavy atom.